The SMILES string of the molecule is CC(C)c1cc(-c2ccccc2)cc(C(C)C)c1-n1c(-c2[c-]cc3oc4ccccc4c3c2)nc2ccccc21.[2H]C([2H])([2H])c1c[c-]c(-c2ccc([Si](C)(C)C)cn2)cc1.[Ir]. The molecule has 0 aliphatic carbocycles. The first-order chi connectivity index (χ1) is 28.7. The van der Waals surface area contributed by atoms with Crippen molar-refractivity contribution in [1.29, 1.82) is 0 Å². The Hall–Kier alpha value is -5.39. The Morgan fingerprint density at radius 1 is 0.672 bits per heavy atom. The summed E-state index contributed by atoms with van der Waals surface area (Å²) in [6, 6.07) is 51.7. The van der Waals surface area contributed by atoms with Crippen LogP contribution in [0.3, 0.4) is 0 Å². The third-order valence-corrected chi connectivity index (χ3v) is 12.6. The second-order valence-electron chi connectivity index (χ2n) is 16.3. The molecule has 6 aromatic carbocycles. The molecule has 1 radical (unpaired) electrons. The van der Waals surface area contributed by atoms with Crippen molar-refractivity contribution in [2.24, 2.45) is 0 Å². The van der Waals surface area contributed by atoms with E-state index in [1.807, 2.05) is 30.5 Å². The number of hydrogen-bond acceptors (Lipinski definition) is 3. The quantitative estimate of drug-likeness (QED) is 0.118. The number of imidazole rings is 1. The van der Waals surface area contributed by atoms with Crippen LogP contribution in [0.5, 0.6) is 0 Å². The van der Waals surface area contributed by atoms with Gasteiger partial charge in [-0.2, -0.15) is 0 Å². The van der Waals surface area contributed by atoms with Crippen LogP contribution in [0.4, 0.5) is 0 Å². The molecule has 3 heterocycles. The third kappa shape index (κ3) is 8.15. The van der Waals surface area contributed by atoms with Gasteiger partial charge in [0.25, 0.3) is 0 Å². The van der Waals surface area contributed by atoms with Crippen LogP contribution in [0.25, 0.3) is 72.4 Å². The maximum absolute atomic E-state index is 7.35. The Morgan fingerprint density at radius 3 is 2.02 bits per heavy atom. The van der Waals surface area contributed by atoms with E-state index in [0.29, 0.717) is 17.4 Å². The minimum Gasteiger partial charge on any atom is -0.500 e. The molecule has 0 saturated carbocycles. The fraction of sp³-hybridized carbons (Fsp3) is 0.192. The summed E-state index contributed by atoms with van der Waals surface area (Å²) in [6.45, 7) is 13.9. The smallest absolute Gasteiger partial charge is 0.120 e. The fourth-order valence-corrected chi connectivity index (χ4v) is 8.46. The Balaban J connectivity index is 0.000000226. The summed E-state index contributed by atoms with van der Waals surface area (Å²) in [6.07, 6.45) is 1.92. The second kappa shape index (κ2) is 16.8. The van der Waals surface area contributed by atoms with Gasteiger partial charge < -0.3 is 14.0 Å². The Kier molecular flexibility index (Phi) is 10.7. The van der Waals surface area contributed by atoms with E-state index >= 15 is 0 Å². The molecule has 6 heteroatoms. The zero-order valence-corrected chi connectivity index (χ0v) is 37.4. The van der Waals surface area contributed by atoms with Gasteiger partial charge in [0, 0.05) is 41.5 Å². The van der Waals surface area contributed by atoms with Crippen LogP contribution >= 0.6 is 0 Å². The summed E-state index contributed by atoms with van der Waals surface area (Å²) >= 11 is 0. The van der Waals surface area contributed by atoms with Gasteiger partial charge >= 0.3 is 0 Å². The van der Waals surface area contributed by atoms with Gasteiger partial charge in [-0.05, 0) is 75.3 Å². The second-order valence-corrected chi connectivity index (χ2v) is 21.4. The van der Waals surface area contributed by atoms with Crippen molar-refractivity contribution >= 4 is 46.2 Å². The number of aromatic nitrogens is 3. The number of nitrogens with zero attached hydrogens (tertiary/aromatic N) is 3. The van der Waals surface area contributed by atoms with E-state index in [-0.39, 0.29) is 20.1 Å². The van der Waals surface area contributed by atoms with Crippen LogP contribution in [-0.4, -0.2) is 22.6 Å². The maximum Gasteiger partial charge on any atom is 0.120 e. The summed E-state index contributed by atoms with van der Waals surface area (Å²) in [5.41, 5.74) is 13.0. The molecular formula is C52H49IrN3OSi-2. The van der Waals surface area contributed by atoms with Crippen LogP contribution in [0, 0.1) is 19.0 Å². The fourth-order valence-electron chi connectivity index (χ4n) is 7.43. The number of para-hydroxylation sites is 3. The van der Waals surface area contributed by atoms with Gasteiger partial charge in [-0.25, -0.2) is 0 Å². The molecule has 0 unspecified atom stereocenters. The molecule has 0 N–H and O–H groups in total. The number of furan rings is 1. The first-order valence-corrected chi connectivity index (χ1v) is 23.2. The van der Waals surface area contributed by atoms with E-state index in [4.69, 9.17) is 13.5 Å². The zero-order chi connectivity index (χ0) is 42.3. The third-order valence-electron chi connectivity index (χ3n) is 10.6. The Bertz CT molecular complexity index is 2860. The summed E-state index contributed by atoms with van der Waals surface area (Å²) in [5, 5.41) is 3.49. The van der Waals surface area contributed by atoms with Gasteiger partial charge in [0.1, 0.15) is 5.58 Å². The van der Waals surface area contributed by atoms with E-state index in [2.05, 4.69) is 160 Å². The average Bonchev–Trinajstić information content (AvgIpc) is 3.81. The molecule has 3 aromatic heterocycles. The average molecular weight is 955 g/mol. The van der Waals surface area contributed by atoms with E-state index in [1.54, 1.807) is 12.1 Å². The molecule has 0 saturated heterocycles. The molecular weight excluding hydrogens is 903 g/mol. The Labute approximate surface area is 361 Å². The van der Waals surface area contributed by atoms with Gasteiger partial charge in [0.05, 0.1) is 30.5 Å². The van der Waals surface area contributed by atoms with Gasteiger partial charge in [-0.1, -0.05) is 132 Å². The van der Waals surface area contributed by atoms with Crippen LogP contribution in [0.1, 0.15) is 60.3 Å². The van der Waals surface area contributed by atoms with Gasteiger partial charge in [0.15, 0.2) is 0 Å². The molecule has 0 spiro atoms. The maximum atomic E-state index is 7.35. The summed E-state index contributed by atoms with van der Waals surface area (Å²) in [5.74, 6) is 1.52. The first kappa shape index (κ1) is 36.9. The minimum atomic E-state index is -2.08. The monoisotopic (exact) mass is 955 g/mol. The first-order valence-electron chi connectivity index (χ1n) is 21.2. The summed E-state index contributed by atoms with van der Waals surface area (Å²) in [4.78, 5) is 9.68. The van der Waals surface area contributed by atoms with Gasteiger partial charge in [-0.15, -0.1) is 59.2 Å². The van der Waals surface area contributed by atoms with Gasteiger partial charge in [-0.3, -0.25) is 4.98 Å². The van der Waals surface area contributed by atoms with Crippen LogP contribution in [-0.2, 0) is 20.1 Å². The van der Waals surface area contributed by atoms with Crippen molar-refractivity contribution < 1.29 is 28.6 Å². The number of hydrogen-bond donors (Lipinski definition) is 0. The van der Waals surface area contributed by atoms with Crippen molar-refractivity contribution in [2.75, 3.05) is 0 Å². The number of aryl methyl sites for hydroxylation is 1. The summed E-state index contributed by atoms with van der Waals surface area (Å²) < 4.78 is 30.5. The van der Waals surface area contributed by atoms with E-state index in [0.717, 1.165) is 55.6 Å². The number of rotatable bonds is 7. The van der Waals surface area contributed by atoms with E-state index in [9.17, 15) is 0 Å². The molecule has 9 aromatic rings. The van der Waals surface area contributed by atoms with E-state index < -0.39 is 14.9 Å². The molecule has 58 heavy (non-hydrogen) atoms. The largest absolute Gasteiger partial charge is 0.500 e. The number of fused-ring (bicyclic) bond motifs is 4. The minimum absolute atomic E-state index is 0. The Morgan fingerprint density at radius 2 is 1.36 bits per heavy atom. The molecule has 0 amide bonds. The number of benzene rings is 6. The van der Waals surface area contributed by atoms with Gasteiger partial charge in [0.2, 0.25) is 0 Å². The molecule has 0 fully saturated rings. The molecule has 4 nitrogen and oxygen atoms in total. The van der Waals surface area contributed by atoms with Crippen molar-refractivity contribution in [1.82, 2.24) is 14.5 Å². The normalized spacial score (nSPS) is 12.6. The van der Waals surface area contributed by atoms with Crippen molar-refractivity contribution in [3.8, 4) is 39.5 Å². The van der Waals surface area contributed by atoms with Crippen molar-refractivity contribution in [3.63, 3.8) is 0 Å². The van der Waals surface area contributed by atoms with Crippen LogP contribution in [0.15, 0.2) is 144 Å². The topological polar surface area (TPSA) is 43.9 Å². The predicted molar refractivity (Wildman–Crippen MR) is 242 cm³/mol. The summed E-state index contributed by atoms with van der Waals surface area (Å²) in [7, 11) is -1.34. The standard InChI is InChI=1S/C37H31N2O.C15H18NSi.Ir/c1-23(2)29-21-27(25-12-6-5-7-13-25)22-30(24(3)4)36(29)39-33-16-10-9-15-32(33)38-37(39)26-18-19-35-31(20-26)28-14-8-11-17-34(28)40-35;1-12-5-7-13(8-6-12)15-10-9-14(11-16-15)17(2,3)4;/h5-17,19-24H,1-4H3;5-7,9-11H,1-4H3;/q2*-1;/i;1D3;. The molecule has 0 atom stereocenters. The predicted octanol–water partition coefficient (Wildman–Crippen LogP) is 13.7. The molecule has 9 rings (SSSR count). The zero-order valence-electron chi connectivity index (χ0n) is 37.0. The van der Waals surface area contributed by atoms with Crippen molar-refractivity contribution in [2.45, 2.75) is 66.0 Å². The molecule has 0 aliphatic rings. The molecule has 0 bridgehead atoms. The molecule has 0 aliphatic heterocycles. The van der Waals surface area contributed by atoms with E-state index in [1.165, 1.54) is 39.2 Å². The van der Waals surface area contributed by atoms with Crippen LogP contribution < -0.4 is 5.19 Å². The van der Waals surface area contributed by atoms with Crippen molar-refractivity contribution in [3.05, 3.63) is 168 Å². The van der Waals surface area contributed by atoms with Crippen LogP contribution in [0.2, 0.25) is 19.6 Å². The molecule has 293 valence electrons. The number of pyridine rings is 1.